The molecule has 8 heteroatoms. The molecule has 38 heavy (non-hydrogen) atoms. The van der Waals surface area contributed by atoms with Crippen LogP contribution in [-0.2, 0) is 13.1 Å². The number of H-pyrrole nitrogens is 1. The van der Waals surface area contributed by atoms with Gasteiger partial charge in [0.2, 0.25) is 0 Å². The lowest BCUT2D eigenvalue weighted by Gasteiger charge is -2.32. The van der Waals surface area contributed by atoms with E-state index in [4.69, 9.17) is 10.4 Å². The van der Waals surface area contributed by atoms with Crippen LogP contribution >= 0.6 is 0 Å². The molecule has 3 aromatic rings. The van der Waals surface area contributed by atoms with Crippen LogP contribution in [0.15, 0.2) is 53.8 Å². The Labute approximate surface area is 225 Å². The number of benzene rings is 1. The molecular formula is C30H39N7O. The second-order valence-electron chi connectivity index (χ2n) is 10.4. The van der Waals surface area contributed by atoms with Crippen LogP contribution in [0.2, 0.25) is 0 Å². The lowest BCUT2D eigenvalue weighted by Crippen LogP contribution is -2.43. The van der Waals surface area contributed by atoms with E-state index in [0.29, 0.717) is 29.2 Å². The molecule has 1 aliphatic rings. The molecular weight excluding hydrogens is 474 g/mol. The number of pyridine rings is 2. The first-order valence-corrected chi connectivity index (χ1v) is 13.2. The van der Waals surface area contributed by atoms with Gasteiger partial charge in [-0.15, -0.1) is 0 Å². The van der Waals surface area contributed by atoms with Gasteiger partial charge in [-0.1, -0.05) is 30.8 Å². The smallest absolute Gasteiger partial charge is 0.253 e. The van der Waals surface area contributed by atoms with Gasteiger partial charge >= 0.3 is 0 Å². The van der Waals surface area contributed by atoms with E-state index in [0.717, 1.165) is 55.2 Å². The van der Waals surface area contributed by atoms with Gasteiger partial charge < -0.3 is 25.9 Å². The summed E-state index contributed by atoms with van der Waals surface area (Å²) >= 11 is 0. The van der Waals surface area contributed by atoms with Crippen molar-refractivity contribution in [3.05, 3.63) is 87.3 Å². The Bertz CT molecular complexity index is 1350. The van der Waals surface area contributed by atoms with Gasteiger partial charge in [-0.3, -0.25) is 9.69 Å². The van der Waals surface area contributed by atoms with E-state index in [2.05, 4.69) is 77.2 Å². The summed E-state index contributed by atoms with van der Waals surface area (Å²) in [5.74, 6) is 0.642. The molecule has 1 fully saturated rings. The second-order valence-corrected chi connectivity index (χ2v) is 10.4. The summed E-state index contributed by atoms with van der Waals surface area (Å²) < 4.78 is 0. The highest BCUT2D eigenvalue weighted by molar-refractivity contribution is 5.93. The molecule has 0 amide bonds. The molecule has 4 rings (SSSR count). The van der Waals surface area contributed by atoms with E-state index in [1.807, 2.05) is 25.1 Å². The fourth-order valence-electron chi connectivity index (χ4n) is 4.61. The number of piperazine rings is 1. The Kier molecular flexibility index (Phi) is 8.76. The minimum Gasteiger partial charge on any atom is -0.381 e. The number of hydrogen-bond acceptors (Lipinski definition) is 7. The monoisotopic (exact) mass is 513 g/mol. The van der Waals surface area contributed by atoms with Crippen LogP contribution in [0.3, 0.4) is 0 Å². The summed E-state index contributed by atoms with van der Waals surface area (Å²) in [5, 5.41) is 14.8. The fraction of sp³-hybridized carbons (Fsp3) is 0.367. The number of rotatable bonds is 10. The van der Waals surface area contributed by atoms with Crippen molar-refractivity contribution in [2.24, 2.45) is 0 Å². The van der Waals surface area contributed by atoms with Crippen molar-refractivity contribution >= 4 is 17.7 Å². The maximum Gasteiger partial charge on any atom is 0.253 e. The highest BCUT2D eigenvalue weighted by Crippen LogP contribution is 2.29. The molecule has 2 aromatic heterocycles. The number of likely N-dealkylation sites (N-methyl/N-ethyl adjacent to an activating group) is 1. The summed E-state index contributed by atoms with van der Waals surface area (Å²) in [7, 11) is 2.17. The van der Waals surface area contributed by atoms with E-state index in [9.17, 15) is 4.79 Å². The van der Waals surface area contributed by atoms with Crippen molar-refractivity contribution in [3.63, 3.8) is 0 Å². The van der Waals surface area contributed by atoms with Crippen molar-refractivity contribution < 1.29 is 0 Å². The van der Waals surface area contributed by atoms with Gasteiger partial charge in [0.25, 0.3) is 5.56 Å². The van der Waals surface area contributed by atoms with Crippen LogP contribution in [0, 0.1) is 12.3 Å². The van der Waals surface area contributed by atoms with Crippen LogP contribution in [0.25, 0.3) is 17.0 Å². The van der Waals surface area contributed by atoms with Crippen molar-refractivity contribution in [2.45, 2.75) is 39.9 Å². The number of anilines is 1. The number of aryl methyl sites for hydroxylation is 1. The molecule has 1 aromatic carbocycles. The van der Waals surface area contributed by atoms with Crippen molar-refractivity contribution in [1.82, 2.24) is 25.1 Å². The van der Waals surface area contributed by atoms with Gasteiger partial charge in [-0.25, -0.2) is 4.98 Å². The molecule has 4 N–H and O–H groups in total. The summed E-state index contributed by atoms with van der Waals surface area (Å²) in [6, 6.07) is 14.4. The first-order valence-electron chi connectivity index (χ1n) is 13.2. The van der Waals surface area contributed by atoms with Gasteiger partial charge in [0.15, 0.2) is 0 Å². The molecule has 8 nitrogen and oxygen atoms in total. The van der Waals surface area contributed by atoms with Gasteiger partial charge in [-0.2, -0.15) is 0 Å². The third-order valence-electron chi connectivity index (χ3n) is 6.81. The van der Waals surface area contributed by atoms with E-state index in [-0.39, 0.29) is 11.6 Å². The Hall–Kier alpha value is -3.75. The molecule has 1 aliphatic heterocycles. The zero-order valence-corrected chi connectivity index (χ0v) is 22.9. The summed E-state index contributed by atoms with van der Waals surface area (Å²) in [4.78, 5) is 24.9. The molecule has 0 radical (unpaired) electrons. The maximum atomic E-state index is 12.3. The van der Waals surface area contributed by atoms with Crippen molar-refractivity contribution in [2.75, 3.05) is 38.5 Å². The average Bonchev–Trinajstić information content (AvgIpc) is 2.88. The minimum atomic E-state index is -0.118. The van der Waals surface area contributed by atoms with Crippen LogP contribution in [0.4, 0.5) is 5.82 Å². The Morgan fingerprint density at radius 1 is 1.18 bits per heavy atom. The third kappa shape index (κ3) is 6.76. The summed E-state index contributed by atoms with van der Waals surface area (Å²) in [6.45, 7) is 15.8. The van der Waals surface area contributed by atoms with Crippen molar-refractivity contribution in [1.29, 1.82) is 5.41 Å². The summed E-state index contributed by atoms with van der Waals surface area (Å²) in [5.41, 5.74) is 6.48. The van der Waals surface area contributed by atoms with Gasteiger partial charge in [-0.05, 0) is 51.6 Å². The SMILES string of the molecule is C=C(NCc1ccc(C)[nH]c1=O)c1cc(-c2cccc(CN3CCN(C)CC3)c2)nc(NC(C)C)c1C=N. The molecule has 0 aliphatic carbocycles. The second kappa shape index (κ2) is 12.2. The zero-order chi connectivity index (χ0) is 27.2. The largest absolute Gasteiger partial charge is 0.381 e. The first kappa shape index (κ1) is 27.3. The number of aromatic nitrogens is 2. The van der Waals surface area contributed by atoms with Crippen LogP contribution in [0.5, 0.6) is 0 Å². The number of nitrogens with one attached hydrogen (secondary N) is 4. The molecule has 3 heterocycles. The Balaban J connectivity index is 1.64. The predicted octanol–water partition coefficient (Wildman–Crippen LogP) is 4.07. The standard InChI is InChI=1S/C30H39N7O/c1-20(2)33-29-27(17-31)26(22(4)32-18-25-10-9-21(3)34-30(25)38)16-28(35-29)24-8-6-7-23(15-24)19-37-13-11-36(5)12-14-37/h6-10,15-17,20,31-32H,4,11-14,18-19H2,1-3,5H3,(H,33,35)(H,34,38). The highest BCUT2D eigenvalue weighted by atomic mass is 16.1. The Morgan fingerprint density at radius 3 is 2.63 bits per heavy atom. The topological polar surface area (TPSA) is 100 Å². The number of hydrogen-bond donors (Lipinski definition) is 4. The van der Waals surface area contributed by atoms with E-state index >= 15 is 0 Å². The predicted molar refractivity (Wildman–Crippen MR) is 157 cm³/mol. The molecule has 0 spiro atoms. The van der Waals surface area contributed by atoms with Crippen LogP contribution < -0.4 is 16.2 Å². The third-order valence-corrected chi connectivity index (χ3v) is 6.81. The van der Waals surface area contributed by atoms with Gasteiger partial charge in [0, 0.05) is 85.2 Å². The van der Waals surface area contributed by atoms with E-state index in [1.54, 1.807) is 0 Å². The molecule has 200 valence electrons. The van der Waals surface area contributed by atoms with Gasteiger partial charge in [0.05, 0.1) is 5.69 Å². The van der Waals surface area contributed by atoms with E-state index in [1.165, 1.54) is 11.8 Å². The maximum absolute atomic E-state index is 12.3. The van der Waals surface area contributed by atoms with Crippen LogP contribution in [-0.4, -0.2) is 65.3 Å². The number of nitrogens with zero attached hydrogens (tertiary/aromatic N) is 3. The summed E-state index contributed by atoms with van der Waals surface area (Å²) in [6.07, 6.45) is 1.31. The minimum absolute atomic E-state index is 0.118. The molecule has 0 unspecified atom stereocenters. The van der Waals surface area contributed by atoms with E-state index < -0.39 is 0 Å². The van der Waals surface area contributed by atoms with Crippen LogP contribution in [0.1, 0.15) is 41.8 Å². The lowest BCUT2D eigenvalue weighted by atomic mass is 10.0. The lowest BCUT2D eigenvalue weighted by molar-refractivity contribution is 0.148. The molecule has 0 bridgehead atoms. The normalized spacial score (nSPS) is 14.4. The average molecular weight is 514 g/mol. The molecule has 0 saturated carbocycles. The van der Waals surface area contributed by atoms with Gasteiger partial charge in [0.1, 0.15) is 5.82 Å². The molecule has 1 saturated heterocycles. The quantitative estimate of drug-likeness (QED) is 0.305. The van der Waals surface area contributed by atoms with Crippen molar-refractivity contribution in [3.8, 4) is 11.3 Å². The zero-order valence-electron chi connectivity index (χ0n) is 22.9. The number of aromatic amines is 1. The highest BCUT2D eigenvalue weighted by Gasteiger charge is 2.17. The fourth-order valence-corrected chi connectivity index (χ4v) is 4.61. The first-order chi connectivity index (χ1) is 18.2. The molecule has 0 atom stereocenters. The Morgan fingerprint density at radius 2 is 1.95 bits per heavy atom.